The van der Waals surface area contributed by atoms with E-state index in [4.69, 9.17) is 5.11 Å². The summed E-state index contributed by atoms with van der Waals surface area (Å²) in [5, 5.41) is 11.4. The number of aliphatic carboxylic acids is 1. The number of nitrogens with zero attached hydrogens (tertiary/aromatic N) is 1. The summed E-state index contributed by atoms with van der Waals surface area (Å²) >= 11 is 0. The van der Waals surface area contributed by atoms with Crippen molar-refractivity contribution in [1.82, 2.24) is 10.2 Å². The van der Waals surface area contributed by atoms with Crippen LogP contribution < -0.4 is 5.32 Å². The number of Topliss-reactive ketones (excluding diaryl/α,β-unsaturated/α-hetero) is 1. The number of carbonyl (C=O) groups is 3. The number of carbonyl (C=O) groups excluding carboxylic acids is 2. The molecule has 0 aliphatic carbocycles. The van der Waals surface area contributed by atoms with Gasteiger partial charge >= 0.3 is 5.97 Å². The molecule has 6 heteroatoms. The van der Waals surface area contributed by atoms with Crippen molar-refractivity contribution in [2.24, 2.45) is 5.92 Å². The van der Waals surface area contributed by atoms with Crippen molar-refractivity contribution >= 4 is 17.7 Å². The molecule has 1 amide bonds. The summed E-state index contributed by atoms with van der Waals surface area (Å²) in [6, 6.07) is -0.909. The highest BCUT2D eigenvalue weighted by atomic mass is 16.4. The van der Waals surface area contributed by atoms with E-state index in [1.807, 2.05) is 11.8 Å². The fraction of sp³-hybridized carbons (Fsp3) is 0.750. The van der Waals surface area contributed by atoms with Crippen molar-refractivity contribution in [1.29, 1.82) is 0 Å². The quantitative estimate of drug-likeness (QED) is 0.716. The lowest BCUT2D eigenvalue weighted by Crippen LogP contribution is -2.51. The zero-order valence-electron chi connectivity index (χ0n) is 10.8. The third kappa shape index (κ3) is 4.10. The first kappa shape index (κ1) is 14.6. The molecule has 0 aromatic heterocycles. The van der Waals surface area contributed by atoms with Gasteiger partial charge in [0, 0.05) is 38.9 Å². The molecule has 0 saturated carbocycles. The molecule has 2 unspecified atom stereocenters. The molecule has 1 fully saturated rings. The zero-order valence-corrected chi connectivity index (χ0v) is 10.8. The van der Waals surface area contributed by atoms with Crippen LogP contribution in [0.4, 0.5) is 0 Å². The van der Waals surface area contributed by atoms with E-state index in [-0.39, 0.29) is 24.2 Å². The smallest absolute Gasteiger partial charge is 0.327 e. The highest BCUT2D eigenvalue weighted by Crippen LogP contribution is 2.16. The molecule has 1 heterocycles. The molecule has 2 N–H and O–H groups in total. The Morgan fingerprint density at radius 2 is 2.22 bits per heavy atom. The van der Waals surface area contributed by atoms with E-state index < -0.39 is 12.0 Å². The Bertz CT molecular complexity index is 343. The lowest BCUT2D eigenvalue weighted by Gasteiger charge is -2.32. The molecule has 102 valence electrons. The van der Waals surface area contributed by atoms with Gasteiger partial charge in [0.2, 0.25) is 5.91 Å². The van der Waals surface area contributed by atoms with Gasteiger partial charge in [0.05, 0.1) is 0 Å². The number of carboxylic acids is 1. The maximum atomic E-state index is 11.6. The molecule has 18 heavy (non-hydrogen) atoms. The standard InChI is InChI=1S/C12H20N2O4/c1-3-9-6-14(5-4-11(9)16)7-10(12(17)18)13-8(2)15/h9-10H,3-7H2,1-2H3,(H,13,15)(H,17,18). The number of rotatable bonds is 5. The molecule has 6 nitrogen and oxygen atoms in total. The number of carboxylic acid groups (broad SMARTS) is 1. The molecule has 0 spiro atoms. The monoisotopic (exact) mass is 256 g/mol. The van der Waals surface area contributed by atoms with Gasteiger partial charge in [0.25, 0.3) is 0 Å². The third-order valence-electron chi connectivity index (χ3n) is 3.22. The van der Waals surface area contributed by atoms with Gasteiger partial charge in [-0.15, -0.1) is 0 Å². The summed E-state index contributed by atoms with van der Waals surface area (Å²) in [5.41, 5.74) is 0. The average Bonchev–Trinajstić information content (AvgIpc) is 2.29. The Hall–Kier alpha value is -1.43. The number of hydrogen-bond donors (Lipinski definition) is 2. The maximum absolute atomic E-state index is 11.6. The molecule has 0 radical (unpaired) electrons. The van der Waals surface area contributed by atoms with Crippen LogP contribution in [0.5, 0.6) is 0 Å². The topological polar surface area (TPSA) is 86.7 Å². The minimum Gasteiger partial charge on any atom is -0.480 e. The number of hydrogen-bond acceptors (Lipinski definition) is 4. The van der Waals surface area contributed by atoms with E-state index in [2.05, 4.69) is 5.32 Å². The molecule has 0 aromatic rings. The van der Waals surface area contributed by atoms with Crippen LogP contribution in [0.25, 0.3) is 0 Å². The Labute approximate surface area is 106 Å². The van der Waals surface area contributed by atoms with Gasteiger partial charge in [-0.25, -0.2) is 4.79 Å². The van der Waals surface area contributed by atoms with E-state index in [0.717, 1.165) is 6.42 Å². The van der Waals surface area contributed by atoms with Gasteiger partial charge in [0.1, 0.15) is 11.8 Å². The number of ketones is 1. The van der Waals surface area contributed by atoms with Crippen LogP contribution in [0.1, 0.15) is 26.7 Å². The first-order valence-electron chi connectivity index (χ1n) is 6.19. The van der Waals surface area contributed by atoms with Crippen molar-refractivity contribution in [2.75, 3.05) is 19.6 Å². The van der Waals surface area contributed by atoms with Crippen LogP contribution in [0.15, 0.2) is 0 Å². The first-order valence-corrected chi connectivity index (χ1v) is 6.19. The molecular formula is C12H20N2O4. The van der Waals surface area contributed by atoms with E-state index in [0.29, 0.717) is 19.5 Å². The lowest BCUT2D eigenvalue weighted by atomic mass is 9.94. The lowest BCUT2D eigenvalue weighted by molar-refractivity contribution is -0.142. The number of likely N-dealkylation sites (tertiary alicyclic amines) is 1. The highest BCUT2D eigenvalue weighted by molar-refractivity contribution is 5.83. The maximum Gasteiger partial charge on any atom is 0.327 e. The van der Waals surface area contributed by atoms with Gasteiger partial charge < -0.3 is 10.4 Å². The van der Waals surface area contributed by atoms with Crippen LogP contribution in [0.3, 0.4) is 0 Å². The number of amides is 1. The Balaban J connectivity index is 2.56. The first-order chi connectivity index (χ1) is 8.43. The molecule has 2 atom stereocenters. The Kier molecular flexibility index (Phi) is 5.27. The van der Waals surface area contributed by atoms with Crippen molar-refractivity contribution in [2.45, 2.75) is 32.7 Å². The summed E-state index contributed by atoms with van der Waals surface area (Å²) in [6.45, 7) is 4.65. The highest BCUT2D eigenvalue weighted by Gasteiger charge is 2.29. The van der Waals surface area contributed by atoms with Crippen LogP contribution in [0.2, 0.25) is 0 Å². The van der Waals surface area contributed by atoms with E-state index in [1.165, 1.54) is 6.92 Å². The van der Waals surface area contributed by atoms with Crippen LogP contribution in [-0.2, 0) is 14.4 Å². The van der Waals surface area contributed by atoms with Crippen molar-refractivity contribution in [3.05, 3.63) is 0 Å². The minimum atomic E-state index is -1.05. The largest absolute Gasteiger partial charge is 0.480 e. The average molecular weight is 256 g/mol. The van der Waals surface area contributed by atoms with Crippen LogP contribution in [-0.4, -0.2) is 53.3 Å². The van der Waals surface area contributed by atoms with Crippen molar-refractivity contribution in [3.63, 3.8) is 0 Å². The van der Waals surface area contributed by atoms with Gasteiger partial charge in [-0.1, -0.05) is 6.92 Å². The summed E-state index contributed by atoms with van der Waals surface area (Å²) in [4.78, 5) is 35.4. The van der Waals surface area contributed by atoms with E-state index in [9.17, 15) is 14.4 Å². The van der Waals surface area contributed by atoms with Gasteiger partial charge in [0.15, 0.2) is 0 Å². The van der Waals surface area contributed by atoms with Crippen LogP contribution >= 0.6 is 0 Å². The van der Waals surface area contributed by atoms with Crippen molar-refractivity contribution < 1.29 is 19.5 Å². The van der Waals surface area contributed by atoms with Gasteiger partial charge in [-0.3, -0.25) is 14.5 Å². The second-order valence-electron chi connectivity index (χ2n) is 4.67. The van der Waals surface area contributed by atoms with E-state index in [1.54, 1.807) is 0 Å². The Morgan fingerprint density at radius 1 is 1.56 bits per heavy atom. The predicted molar refractivity (Wildman–Crippen MR) is 65.1 cm³/mol. The SMILES string of the molecule is CCC1CN(CC(NC(C)=O)C(=O)O)CCC1=O. The minimum absolute atomic E-state index is 0.00878. The number of nitrogens with one attached hydrogen (secondary N) is 1. The molecule has 1 aliphatic rings. The summed E-state index contributed by atoms with van der Waals surface area (Å²) < 4.78 is 0. The number of piperidine rings is 1. The molecule has 1 aliphatic heterocycles. The zero-order chi connectivity index (χ0) is 13.7. The van der Waals surface area contributed by atoms with Gasteiger partial charge in [-0.2, -0.15) is 0 Å². The van der Waals surface area contributed by atoms with Gasteiger partial charge in [-0.05, 0) is 6.42 Å². The predicted octanol–water partition coefficient (Wildman–Crippen LogP) is -0.123. The summed E-state index contributed by atoms with van der Waals surface area (Å²) in [7, 11) is 0. The molecule has 0 aromatic carbocycles. The second-order valence-corrected chi connectivity index (χ2v) is 4.67. The van der Waals surface area contributed by atoms with Crippen molar-refractivity contribution in [3.8, 4) is 0 Å². The summed E-state index contributed by atoms with van der Waals surface area (Å²) in [6.07, 6.45) is 1.23. The summed E-state index contributed by atoms with van der Waals surface area (Å²) in [5.74, 6) is -1.16. The normalized spacial score (nSPS) is 22.6. The molecule has 1 saturated heterocycles. The molecule has 0 bridgehead atoms. The third-order valence-corrected chi connectivity index (χ3v) is 3.22. The fourth-order valence-electron chi connectivity index (χ4n) is 2.19. The van der Waals surface area contributed by atoms with E-state index >= 15 is 0 Å². The van der Waals surface area contributed by atoms with Crippen LogP contribution in [0, 0.1) is 5.92 Å². The molecular weight excluding hydrogens is 236 g/mol. The molecule has 1 rings (SSSR count). The fourth-order valence-corrected chi connectivity index (χ4v) is 2.19. The second kappa shape index (κ2) is 6.49. The Morgan fingerprint density at radius 3 is 2.72 bits per heavy atom.